The van der Waals surface area contributed by atoms with Gasteiger partial charge in [-0.15, -0.1) is 5.11 Å². The fraction of sp³-hybridized carbons (Fsp3) is 0.944. The van der Waals surface area contributed by atoms with Crippen LogP contribution in [0.1, 0.15) is 104 Å². The Balaban J connectivity index is 3.72. The van der Waals surface area contributed by atoms with Crippen molar-refractivity contribution < 1.29 is 4.79 Å². The van der Waals surface area contributed by atoms with Gasteiger partial charge >= 0.3 is 0 Å². The van der Waals surface area contributed by atoms with Gasteiger partial charge in [-0.2, -0.15) is 0 Å². The maximum Gasteiger partial charge on any atom is 0.267 e. The highest BCUT2D eigenvalue weighted by molar-refractivity contribution is 5.78. The Bertz CT molecular complexity index is 238. The first-order valence-electron chi connectivity index (χ1n) is 9.17. The van der Waals surface area contributed by atoms with Crippen molar-refractivity contribution in [3.63, 3.8) is 0 Å². The Morgan fingerprint density at radius 1 is 0.762 bits per heavy atom. The van der Waals surface area contributed by atoms with Gasteiger partial charge in [0.15, 0.2) is 0 Å². The minimum absolute atomic E-state index is 0.0138. The third-order valence-corrected chi connectivity index (χ3v) is 4.27. The zero-order chi connectivity index (χ0) is 15.8. The van der Waals surface area contributed by atoms with E-state index in [9.17, 15) is 4.79 Å². The molecule has 3 nitrogen and oxygen atoms in total. The highest BCUT2D eigenvalue weighted by Gasteiger charge is 2.16. The summed E-state index contributed by atoms with van der Waals surface area (Å²) in [4.78, 5) is 11.7. The number of nitrogens with zero attached hydrogens (tertiary/aromatic N) is 1. The summed E-state index contributed by atoms with van der Waals surface area (Å²) >= 11 is 0. The lowest BCUT2D eigenvalue weighted by molar-refractivity contribution is -0.122. The molecule has 0 heterocycles. The Kier molecular flexibility index (Phi) is 15.1. The average Bonchev–Trinajstić information content (AvgIpc) is 2.51. The predicted octanol–water partition coefficient (Wildman–Crippen LogP) is 6.66. The van der Waals surface area contributed by atoms with Crippen molar-refractivity contribution in [2.45, 2.75) is 104 Å². The molecule has 21 heavy (non-hydrogen) atoms. The largest absolute Gasteiger partial charge is 0.271 e. The van der Waals surface area contributed by atoms with Gasteiger partial charge in [-0.25, -0.2) is 5.53 Å². The maximum absolute atomic E-state index is 11.7. The molecule has 1 amide bonds. The van der Waals surface area contributed by atoms with Crippen molar-refractivity contribution in [1.29, 1.82) is 5.53 Å². The standard InChI is InChI=1S/C18H36N2O/c1-3-5-7-9-11-13-15-17(18(21)20-19)16-14-12-10-8-6-4-2/h17,19H,3-16H2,1-2H3. The molecule has 0 aliphatic heterocycles. The van der Waals surface area contributed by atoms with Crippen LogP contribution in [0.5, 0.6) is 0 Å². The van der Waals surface area contributed by atoms with Crippen LogP contribution in [0.3, 0.4) is 0 Å². The highest BCUT2D eigenvalue weighted by atomic mass is 16.1. The van der Waals surface area contributed by atoms with E-state index < -0.39 is 0 Å². The van der Waals surface area contributed by atoms with Crippen LogP contribution in [0.25, 0.3) is 0 Å². The Hall–Kier alpha value is -0.730. The molecule has 0 saturated heterocycles. The molecule has 0 radical (unpaired) electrons. The number of carbonyl (C=O) groups is 1. The van der Waals surface area contributed by atoms with E-state index in [1.807, 2.05) is 0 Å². The molecule has 0 aliphatic carbocycles. The third kappa shape index (κ3) is 12.7. The molecule has 0 aliphatic rings. The fourth-order valence-electron chi connectivity index (χ4n) is 2.82. The molecule has 0 aromatic carbocycles. The smallest absolute Gasteiger partial charge is 0.267 e. The van der Waals surface area contributed by atoms with Gasteiger partial charge in [0.1, 0.15) is 0 Å². The van der Waals surface area contributed by atoms with Crippen LogP contribution in [0, 0.1) is 11.4 Å². The quantitative estimate of drug-likeness (QED) is 0.266. The molecule has 0 aromatic rings. The molecule has 1 N–H and O–H groups in total. The van der Waals surface area contributed by atoms with E-state index in [2.05, 4.69) is 19.0 Å². The number of unbranched alkanes of at least 4 members (excludes halogenated alkanes) is 10. The highest BCUT2D eigenvalue weighted by Crippen LogP contribution is 2.20. The van der Waals surface area contributed by atoms with Gasteiger partial charge in [0, 0.05) is 5.92 Å². The van der Waals surface area contributed by atoms with Crippen LogP contribution in [-0.4, -0.2) is 5.91 Å². The van der Waals surface area contributed by atoms with Crippen LogP contribution in [-0.2, 0) is 4.79 Å². The zero-order valence-electron chi connectivity index (χ0n) is 14.3. The number of nitrogens with one attached hydrogen (secondary N) is 1. The van der Waals surface area contributed by atoms with Crippen molar-refractivity contribution in [3.05, 3.63) is 0 Å². The van der Waals surface area contributed by atoms with E-state index in [-0.39, 0.29) is 11.8 Å². The minimum Gasteiger partial charge on any atom is -0.271 e. The van der Waals surface area contributed by atoms with Crippen LogP contribution in [0.15, 0.2) is 5.11 Å². The SMILES string of the molecule is CCCCCCCCC(CCCCCCCC)C(=O)N=N. The summed E-state index contributed by atoms with van der Waals surface area (Å²) in [5.74, 6) is -0.183. The molecule has 0 atom stereocenters. The second-order valence-corrected chi connectivity index (χ2v) is 6.26. The number of carbonyl (C=O) groups excluding carboxylic acids is 1. The number of hydrogen-bond acceptors (Lipinski definition) is 2. The molecule has 0 bridgehead atoms. The molecular weight excluding hydrogens is 260 g/mol. The Morgan fingerprint density at radius 2 is 1.14 bits per heavy atom. The van der Waals surface area contributed by atoms with Crippen molar-refractivity contribution in [1.82, 2.24) is 0 Å². The van der Waals surface area contributed by atoms with Gasteiger partial charge in [-0.1, -0.05) is 90.9 Å². The van der Waals surface area contributed by atoms with E-state index in [1.54, 1.807) is 0 Å². The van der Waals surface area contributed by atoms with Crippen molar-refractivity contribution in [2.75, 3.05) is 0 Å². The zero-order valence-corrected chi connectivity index (χ0v) is 14.3. The van der Waals surface area contributed by atoms with Crippen molar-refractivity contribution >= 4 is 5.91 Å². The van der Waals surface area contributed by atoms with E-state index in [0.717, 1.165) is 25.7 Å². The second kappa shape index (κ2) is 15.7. The van der Waals surface area contributed by atoms with Gasteiger partial charge in [-0.05, 0) is 12.8 Å². The number of hydrogen-bond donors (Lipinski definition) is 1. The third-order valence-electron chi connectivity index (χ3n) is 4.27. The lowest BCUT2D eigenvalue weighted by Gasteiger charge is -2.12. The van der Waals surface area contributed by atoms with Crippen LogP contribution in [0.4, 0.5) is 0 Å². The fourth-order valence-corrected chi connectivity index (χ4v) is 2.82. The van der Waals surface area contributed by atoms with Gasteiger partial charge in [0.05, 0.1) is 0 Å². The summed E-state index contributed by atoms with van der Waals surface area (Å²) in [6, 6.07) is 0. The molecule has 0 aromatic heterocycles. The summed E-state index contributed by atoms with van der Waals surface area (Å²) < 4.78 is 0. The van der Waals surface area contributed by atoms with E-state index >= 15 is 0 Å². The lowest BCUT2D eigenvalue weighted by atomic mass is 9.93. The second-order valence-electron chi connectivity index (χ2n) is 6.26. The molecule has 124 valence electrons. The summed E-state index contributed by atoms with van der Waals surface area (Å²) in [5, 5.41) is 3.16. The predicted molar refractivity (Wildman–Crippen MR) is 89.6 cm³/mol. The normalized spacial score (nSPS) is 11.0. The van der Waals surface area contributed by atoms with Gasteiger partial charge in [0.2, 0.25) is 0 Å². The lowest BCUT2D eigenvalue weighted by Crippen LogP contribution is -2.11. The van der Waals surface area contributed by atoms with E-state index in [1.165, 1.54) is 64.2 Å². The molecule has 0 fully saturated rings. The van der Waals surface area contributed by atoms with Crippen molar-refractivity contribution in [3.8, 4) is 0 Å². The molecule has 3 heteroatoms. The van der Waals surface area contributed by atoms with E-state index in [4.69, 9.17) is 5.53 Å². The first kappa shape index (κ1) is 20.3. The molecule has 0 rings (SSSR count). The molecule has 0 spiro atoms. The van der Waals surface area contributed by atoms with Crippen LogP contribution >= 0.6 is 0 Å². The summed E-state index contributed by atoms with van der Waals surface area (Å²) in [6.07, 6.45) is 16.9. The first-order chi connectivity index (χ1) is 10.3. The first-order valence-corrected chi connectivity index (χ1v) is 9.17. The van der Waals surface area contributed by atoms with Gasteiger partial charge in [-0.3, -0.25) is 4.79 Å². The molecule has 0 saturated carbocycles. The van der Waals surface area contributed by atoms with Gasteiger partial charge in [0.25, 0.3) is 5.91 Å². The molecular formula is C18H36N2O. The van der Waals surface area contributed by atoms with Crippen LogP contribution < -0.4 is 0 Å². The topological polar surface area (TPSA) is 53.3 Å². The Morgan fingerprint density at radius 3 is 1.52 bits per heavy atom. The Labute approximate surface area is 131 Å². The van der Waals surface area contributed by atoms with Crippen molar-refractivity contribution in [2.24, 2.45) is 11.0 Å². The van der Waals surface area contributed by atoms with Crippen LogP contribution in [0.2, 0.25) is 0 Å². The van der Waals surface area contributed by atoms with E-state index in [0.29, 0.717) is 0 Å². The number of rotatable bonds is 15. The summed E-state index contributed by atoms with van der Waals surface area (Å²) in [6.45, 7) is 4.45. The maximum atomic E-state index is 11.7. The summed E-state index contributed by atoms with van der Waals surface area (Å²) in [7, 11) is 0. The minimum atomic E-state index is -0.197. The monoisotopic (exact) mass is 296 g/mol. The summed E-state index contributed by atoms with van der Waals surface area (Å²) in [5.41, 5.74) is 6.96. The average molecular weight is 296 g/mol. The molecule has 0 unspecified atom stereocenters. The van der Waals surface area contributed by atoms with Gasteiger partial charge < -0.3 is 0 Å². The number of amides is 1.